The van der Waals surface area contributed by atoms with Gasteiger partial charge in [-0.3, -0.25) is 4.79 Å². The first-order valence-corrected chi connectivity index (χ1v) is 6.46. The number of nitrogens with one attached hydrogen (secondary N) is 1. The van der Waals surface area contributed by atoms with Crippen LogP contribution in [0.25, 0.3) is 0 Å². The molecule has 0 aromatic carbocycles. The molecule has 7 heteroatoms. The highest BCUT2D eigenvalue weighted by molar-refractivity contribution is 9.10. The van der Waals surface area contributed by atoms with Gasteiger partial charge in [0.05, 0.1) is 17.8 Å². The highest BCUT2D eigenvalue weighted by Crippen LogP contribution is 2.22. The summed E-state index contributed by atoms with van der Waals surface area (Å²) in [7, 11) is 3.36. The molecule has 1 unspecified atom stereocenters. The lowest BCUT2D eigenvalue weighted by Crippen LogP contribution is -2.43. The van der Waals surface area contributed by atoms with Gasteiger partial charge < -0.3 is 15.0 Å². The molecule has 0 radical (unpaired) electrons. The molecule has 98 valence electrons. The Morgan fingerprint density at radius 2 is 2.39 bits per heavy atom. The topological polar surface area (TPSA) is 67.3 Å². The van der Waals surface area contributed by atoms with E-state index in [-0.39, 0.29) is 11.9 Å². The first kappa shape index (κ1) is 13.1. The smallest absolute Gasteiger partial charge is 0.232 e. The van der Waals surface area contributed by atoms with Gasteiger partial charge in [0.2, 0.25) is 17.7 Å². The summed E-state index contributed by atoms with van der Waals surface area (Å²) in [5, 5.41) is 3.22. The van der Waals surface area contributed by atoms with E-state index in [0.29, 0.717) is 29.3 Å². The Morgan fingerprint density at radius 3 is 3.06 bits per heavy atom. The number of likely N-dealkylation sites (N-methyl/N-ethyl adjacent to an activating group) is 1. The molecule has 2 heterocycles. The van der Waals surface area contributed by atoms with Gasteiger partial charge in [0.1, 0.15) is 0 Å². The number of likely N-dealkylation sites (tertiary alicyclic amines) is 1. The predicted octanol–water partition coefficient (Wildman–Crippen LogP) is 1.28. The standard InChI is InChI=1S/C11H15BrN4O2/c1-16-6-7(3-4-9(16)17)14-11-13-5-8(12)10(15-11)18-2/h5,7H,3-4,6H2,1-2H3,(H,13,14,15). The van der Waals surface area contributed by atoms with Gasteiger partial charge in [-0.15, -0.1) is 0 Å². The number of carbonyl (C=O) groups is 1. The van der Waals surface area contributed by atoms with Crippen molar-refractivity contribution < 1.29 is 9.53 Å². The fourth-order valence-corrected chi connectivity index (χ4v) is 2.23. The van der Waals surface area contributed by atoms with Crippen molar-refractivity contribution in [1.29, 1.82) is 0 Å². The van der Waals surface area contributed by atoms with E-state index >= 15 is 0 Å². The fourth-order valence-electron chi connectivity index (χ4n) is 1.88. The maximum Gasteiger partial charge on any atom is 0.232 e. The third kappa shape index (κ3) is 2.90. The third-order valence-corrected chi connectivity index (χ3v) is 3.41. The molecule has 1 saturated heterocycles. The van der Waals surface area contributed by atoms with Crippen molar-refractivity contribution in [1.82, 2.24) is 14.9 Å². The van der Waals surface area contributed by atoms with E-state index in [2.05, 4.69) is 31.2 Å². The van der Waals surface area contributed by atoms with E-state index in [1.807, 2.05) is 0 Å². The van der Waals surface area contributed by atoms with Crippen molar-refractivity contribution in [3.05, 3.63) is 10.7 Å². The zero-order chi connectivity index (χ0) is 13.1. The lowest BCUT2D eigenvalue weighted by molar-refractivity contribution is -0.132. The van der Waals surface area contributed by atoms with Gasteiger partial charge in [-0.25, -0.2) is 4.98 Å². The van der Waals surface area contributed by atoms with Crippen molar-refractivity contribution in [2.24, 2.45) is 0 Å². The molecule has 6 nitrogen and oxygen atoms in total. The largest absolute Gasteiger partial charge is 0.480 e. The van der Waals surface area contributed by atoms with E-state index in [0.717, 1.165) is 6.42 Å². The Bertz CT molecular complexity index is 455. The Balaban J connectivity index is 2.03. The number of aromatic nitrogens is 2. The number of hydrogen-bond acceptors (Lipinski definition) is 5. The first-order chi connectivity index (χ1) is 8.60. The third-order valence-electron chi connectivity index (χ3n) is 2.87. The SMILES string of the molecule is COc1nc(NC2CCC(=O)N(C)C2)ncc1Br. The van der Waals surface area contributed by atoms with Crippen molar-refractivity contribution >= 4 is 27.8 Å². The number of carbonyl (C=O) groups excluding carboxylic acids is 1. The summed E-state index contributed by atoms with van der Waals surface area (Å²) >= 11 is 3.30. The summed E-state index contributed by atoms with van der Waals surface area (Å²) in [6, 6.07) is 0.179. The number of hydrogen-bond donors (Lipinski definition) is 1. The summed E-state index contributed by atoms with van der Waals surface area (Å²) in [4.78, 5) is 21.5. The van der Waals surface area contributed by atoms with Crippen LogP contribution in [0.5, 0.6) is 5.88 Å². The highest BCUT2D eigenvalue weighted by atomic mass is 79.9. The van der Waals surface area contributed by atoms with Gasteiger partial charge in [-0.05, 0) is 22.4 Å². The number of anilines is 1. The molecule has 18 heavy (non-hydrogen) atoms. The molecule has 1 aromatic rings. The van der Waals surface area contributed by atoms with E-state index in [4.69, 9.17) is 4.74 Å². The van der Waals surface area contributed by atoms with Crippen LogP contribution in [0.15, 0.2) is 10.7 Å². The van der Waals surface area contributed by atoms with Crippen LogP contribution in [0, 0.1) is 0 Å². The molecular weight excluding hydrogens is 300 g/mol. The number of amides is 1. The van der Waals surface area contributed by atoms with Crippen LogP contribution in [0.4, 0.5) is 5.95 Å². The monoisotopic (exact) mass is 314 g/mol. The van der Waals surface area contributed by atoms with Crippen LogP contribution in [0.1, 0.15) is 12.8 Å². The second-order valence-electron chi connectivity index (χ2n) is 4.21. The van der Waals surface area contributed by atoms with Crippen LogP contribution in [-0.2, 0) is 4.79 Å². The zero-order valence-corrected chi connectivity index (χ0v) is 11.9. The van der Waals surface area contributed by atoms with Crippen LogP contribution in [0.3, 0.4) is 0 Å². The minimum absolute atomic E-state index is 0.179. The Kier molecular flexibility index (Phi) is 4.00. The number of halogens is 1. The van der Waals surface area contributed by atoms with Crippen LogP contribution < -0.4 is 10.1 Å². The molecule has 1 amide bonds. The zero-order valence-electron chi connectivity index (χ0n) is 10.3. The van der Waals surface area contributed by atoms with Crippen molar-refractivity contribution in [3.8, 4) is 5.88 Å². The van der Waals surface area contributed by atoms with Gasteiger partial charge in [0.15, 0.2) is 0 Å². The lowest BCUT2D eigenvalue weighted by Gasteiger charge is -2.30. The molecule has 0 spiro atoms. The molecule has 0 bridgehead atoms. The summed E-state index contributed by atoms with van der Waals surface area (Å²) in [6.07, 6.45) is 3.00. The Labute approximate surface area is 114 Å². The van der Waals surface area contributed by atoms with Gasteiger partial charge in [0, 0.05) is 26.1 Å². The molecule has 1 aliphatic heterocycles. The lowest BCUT2D eigenvalue weighted by atomic mass is 10.1. The second kappa shape index (κ2) is 5.51. The maximum absolute atomic E-state index is 11.4. The first-order valence-electron chi connectivity index (χ1n) is 5.67. The summed E-state index contributed by atoms with van der Waals surface area (Å²) in [5.74, 6) is 1.19. The van der Waals surface area contributed by atoms with Gasteiger partial charge in [-0.2, -0.15) is 4.98 Å². The van der Waals surface area contributed by atoms with E-state index in [1.165, 1.54) is 0 Å². The Hall–Kier alpha value is -1.37. The minimum Gasteiger partial charge on any atom is -0.480 e. The molecule has 1 aromatic heterocycles. The van der Waals surface area contributed by atoms with Crippen molar-refractivity contribution in [3.63, 3.8) is 0 Å². The van der Waals surface area contributed by atoms with Gasteiger partial charge in [0.25, 0.3) is 0 Å². The quantitative estimate of drug-likeness (QED) is 0.910. The van der Waals surface area contributed by atoms with E-state index in [1.54, 1.807) is 25.3 Å². The van der Waals surface area contributed by atoms with Gasteiger partial charge in [-0.1, -0.05) is 0 Å². The minimum atomic E-state index is 0.179. The number of piperidine rings is 1. The number of nitrogens with zero attached hydrogens (tertiary/aromatic N) is 3. The van der Waals surface area contributed by atoms with Crippen molar-refractivity contribution in [2.45, 2.75) is 18.9 Å². The molecule has 0 aliphatic carbocycles. The van der Waals surface area contributed by atoms with Gasteiger partial charge >= 0.3 is 0 Å². The average Bonchev–Trinajstić information content (AvgIpc) is 2.36. The summed E-state index contributed by atoms with van der Waals surface area (Å²) < 4.78 is 5.82. The van der Waals surface area contributed by atoms with E-state index in [9.17, 15) is 4.79 Å². The van der Waals surface area contributed by atoms with Crippen LogP contribution >= 0.6 is 15.9 Å². The fraction of sp³-hybridized carbons (Fsp3) is 0.545. The molecule has 1 aliphatic rings. The molecule has 1 fully saturated rings. The second-order valence-corrected chi connectivity index (χ2v) is 5.06. The Morgan fingerprint density at radius 1 is 1.61 bits per heavy atom. The number of rotatable bonds is 3. The maximum atomic E-state index is 11.4. The van der Waals surface area contributed by atoms with E-state index < -0.39 is 0 Å². The van der Waals surface area contributed by atoms with Crippen LogP contribution in [0.2, 0.25) is 0 Å². The predicted molar refractivity (Wildman–Crippen MR) is 70.6 cm³/mol. The molecule has 0 saturated carbocycles. The summed E-state index contributed by atoms with van der Waals surface area (Å²) in [6.45, 7) is 0.667. The van der Waals surface area contributed by atoms with Crippen molar-refractivity contribution in [2.75, 3.05) is 26.0 Å². The number of ether oxygens (including phenoxy) is 1. The van der Waals surface area contributed by atoms with Crippen LogP contribution in [-0.4, -0.2) is 47.5 Å². The molecular formula is C11H15BrN4O2. The summed E-state index contributed by atoms with van der Waals surface area (Å²) in [5.41, 5.74) is 0. The highest BCUT2D eigenvalue weighted by Gasteiger charge is 2.23. The number of methoxy groups -OCH3 is 1. The molecule has 2 rings (SSSR count). The average molecular weight is 315 g/mol. The molecule has 1 atom stereocenters. The normalized spacial score (nSPS) is 19.8. The molecule has 1 N–H and O–H groups in total.